The van der Waals surface area contributed by atoms with Gasteiger partial charge in [-0.1, -0.05) is 83.5 Å². The van der Waals surface area contributed by atoms with Crippen LogP contribution in [0.25, 0.3) is 11.6 Å². The van der Waals surface area contributed by atoms with Gasteiger partial charge in [0.2, 0.25) is 0 Å². The molecule has 0 spiro atoms. The van der Waals surface area contributed by atoms with E-state index in [1.807, 2.05) is 6.92 Å². The molecule has 19 heteroatoms. The van der Waals surface area contributed by atoms with E-state index in [2.05, 4.69) is 25.5 Å². The van der Waals surface area contributed by atoms with E-state index in [-0.39, 0.29) is 40.2 Å². The predicted molar refractivity (Wildman–Crippen MR) is 236 cm³/mol. The molecule has 0 bridgehead atoms. The van der Waals surface area contributed by atoms with Gasteiger partial charge in [0.15, 0.2) is 23.2 Å². The third-order valence-corrected chi connectivity index (χ3v) is 9.81. The number of benzene rings is 2. The van der Waals surface area contributed by atoms with Crippen LogP contribution in [0.3, 0.4) is 0 Å². The third-order valence-electron chi connectivity index (χ3n) is 8.21. The fourth-order valence-electron chi connectivity index (χ4n) is 5.42. The molecule has 12 nitrogen and oxygen atoms in total. The van der Waals surface area contributed by atoms with Crippen LogP contribution in [-0.4, -0.2) is 52.2 Å². The highest BCUT2D eigenvalue weighted by Crippen LogP contribution is 2.29. The largest absolute Gasteiger partial charge is 0.398 e. The molecular weight excluding hydrogens is 905 g/mol. The first-order valence-corrected chi connectivity index (χ1v) is 20.1. The van der Waals surface area contributed by atoms with Gasteiger partial charge >= 0.3 is 0 Å². The molecule has 6 aromatic rings. The van der Waals surface area contributed by atoms with Crippen molar-refractivity contribution >= 4 is 115 Å². The monoisotopic (exact) mass is 936 g/mol. The van der Waals surface area contributed by atoms with E-state index in [0.29, 0.717) is 76.8 Å². The van der Waals surface area contributed by atoms with Crippen molar-refractivity contribution in [3.8, 4) is 11.6 Å². The minimum Gasteiger partial charge on any atom is -0.398 e. The van der Waals surface area contributed by atoms with E-state index >= 15 is 0 Å². The molecule has 2 aromatic carbocycles. The quantitative estimate of drug-likeness (QED) is 0.0814. The van der Waals surface area contributed by atoms with Crippen LogP contribution in [0.1, 0.15) is 90.9 Å². The minimum absolute atomic E-state index is 0.0306. The Balaban J connectivity index is 0.000000216. The molecule has 308 valence electrons. The fourth-order valence-corrected chi connectivity index (χ4v) is 7.02. The number of nitrogen functional groups attached to an aromatic ring is 1. The van der Waals surface area contributed by atoms with Crippen LogP contribution in [0.15, 0.2) is 60.9 Å². The first kappa shape index (κ1) is 47.2. The third kappa shape index (κ3) is 11.8. The van der Waals surface area contributed by atoms with Crippen molar-refractivity contribution in [2.75, 3.05) is 11.1 Å². The van der Waals surface area contributed by atoms with Crippen LogP contribution in [0.4, 0.5) is 11.4 Å². The van der Waals surface area contributed by atoms with Gasteiger partial charge in [-0.05, 0) is 99.0 Å². The second-order valence-corrected chi connectivity index (χ2v) is 15.6. The van der Waals surface area contributed by atoms with Gasteiger partial charge in [-0.15, -0.1) is 0 Å². The lowest BCUT2D eigenvalue weighted by molar-refractivity contribution is 0.0980. The molecule has 0 atom stereocenters. The Morgan fingerprint density at radius 2 is 1.05 bits per heavy atom. The molecule has 0 unspecified atom stereocenters. The molecule has 0 radical (unpaired) electrons. The number of pyridine rings is 2. The molecule has 0 aliphatic rings. The maximum absolute atomic E-state index is 13.1. The molecule has 3 N–H and O–H groups in total. The zero-order valence-electron chi connectivity index (χ0n) is 32.2. The highest BCUT2D eigenvalue weighted by molar-refractivity contribution is 6.67. The number of nitrogens with one attached hydrogen (secondary N) is 1. The van der Waals surface area contributed by atoms with Crippen molar-refractivity contribution in [1.82, 2.24) is 29.5 Å². The standard InChI is InChI=1S/C20H17Cl3N4O2.C10H6Cl3N3O.C10H12ClNO/c1-4-17(28)14-7-12(21)5-10(2)18(14)25-20(29)16-6-11(3)26-27(16)19-15(23)8-13(22)9-24-19;1-5-2-8(9(13)17)16(15-5)10-7(12)3-6(11)4-14-10;1-3-9(13)8-5-7(11)4-6(2)10(8)12/h5-9H,4H2,1-3H3,(H,25,29);2-4H,1H3;4-5H,3,12H2,1-2H3. The lowest BCUT2D eigenvalue weighted by Gasteiger charge is -2.14. The van der Waals surface area contributed by atoms with Gasteiger partial charge in [-0.3, -0.25) is 19.2 Å². The van der Waals surface area contributed by atoms with Crippen LogP contribution in [0, 0.1) is 27.7 Å². The van der Waals surface area contributed by atoms with Gasteiger partial charge in [0.05, 0.1) is 37.2 Å². The van der Waals surface area contributed by atoms with Gasteiger partial charge in [0.1, 0.15) is 11.4 Å². The number of carbonyl (C=O) groups is 4. The maximum atomic E-state index is 13.1. The number of hydrogen-bond acceptors (Lipinski definition) is 9. The number of amides is 1. The van der Waals surface area contributed by atoms with Crippen LogP contribution in [-0.2, 0) is 0 Å². The number of aromatic nitrogens is 6. The first-order chi connectivity index (χ1) is 27.7. The number of aryl methyl sites for hydroxylation is 4. The van der Waals surface area contributed by atoms with Gasteiger partial charge < -0.3 is 11.1 Å². The van der Waals surface area contributed by atoms with E-state index in [1.54, 1.807) is 71.0 Å². The van der Waals surface area contributed by atoms with E-state index in [4.69, 9.17) is 86.9 Å². The van der Waals surface area contributed by atoms with Gasteiger partial charge in [0, 0.05) is 52.1 Å². The molecule has 0 saturated carbocycles. The summed E-state index contributed by atoms with van der Waals surface area (Å²) >= 11 is 41.3. The summed E-state index contributed by atoms with van der Waals surface area (Å²) in [6.07, 6.45) is 3.57. The summed E-state index contributed by atoms with van der Waals surface area (Å²) in [5.74, 6) is 0.0234. The molecule has 4 heterocycles. The zero-order chi connectivity index (χ0) is 43.9. The summed E-state index contributed by atoms with van der Waals surface area (Å²) in [5.41, 5.74) is 10.8. The molecule has 4 aromatic heterocycles. The second kappa shape index (κ2) is 20.6. The van der Waals surface area contributed by atoms with Gasteiger partial charge in [-0.25, -0.2) is 19.3 Å². The number of hydrogen-bond donors (Lipinski definition) is 2. The van der Waals surface area contributed by atoms with E-state index in [1.165, 1.54) is 33.9 Å². The lowest BCUT2D eigenvalue weighted by Crippen LogP contribution is -2.20. The number of halogens is 7. The van der Waals surface area contributed by atoms with E-state index in [0.717, 1.165) is 5.56 Å². The average molecular weight is 940 g/mol. The second-order valence-electron chi connectivity index (χ2n) is 12.7. The highest BCUT2D eigenvalue weighted by atomic mass is 35.5. The molecule has 0 fully saturated rings. The number of carbonyl (C=O) groups excluding carboxylic acids is 4. The molecule has 0 saturated heterocycles. The van der Waals surface area contributed by atoms with Crippen molar-refractivity contribution in [3.05, 3.63) is 136 Å². The van der Waals surface area contributed by atoms with E-state index in [9.17, 15) is 19.2 Å². The fraction of sp³-hybridized carbons (Fsp3) is 0.200. The molecule has 0 aliphatic carbocycles. The molecular formula is C40H35Cl7N8O4. The minimum atomic E-state index is -0.626. The lowest BCUT2D eigenvalue weighted by atomic mass is 10.0. The summed E-state index contributed by atoms with van der Waals surface area (Å²) in [6.45, 7) is 10.6. The first-order valence-electron chi connectivity index (χ1n) is 17.5. The molecule has 1 amide bonds. The summed E-state index contributed by atoms with van der Waals surface area (Å²) < 4.78 is 2.64. The Hall–Kier alpha value is -4.53. The van der Waals surface area contributed by atoms with Crippen LogP contribution in [0.2, 0.25) is 30.1 Å². The van der Waals surface area contributed by atoms with Crippen LogP contribution in [0.5, 0.6) is 0 Å². The Morgan fingerprint density at radius 1 is 0.610 bits per heavy atom. The Morgan fingerprint density at radius 3 is 1.53 bits per heavy atom. The van der Waals surface area contributed by atoms with Crippen LogP contribution < -0.4 is 11.1 Å². The van der Waals surface area contributed by atoms with Crippen molar-refractivity contribution in [2.24, 2.45) is 0 Å². The smallest absolute Gasteiger partial charge is 0.274 e. The summed E-state index contributed by atoms with van der Waals surface area (Å²) in [5, 5.41) is 12.9. The zero-order valence-corrected chi connectivity index (χ0v) is 37.5. The SMILES string of the molecule is CCC(=O)c1cc(Cl)cc(C)c1N.CCC(=O)c1cc(Cl)cc(C)c1NC(=O)c1cc(C)nn1-c1ncc(Cl)cc1Cl.Cc1cc(C(=O)Cl)n(-c2ncc(Cl)cc2Cl)n1. The Kier molecular flexibility index (Phi) is 16.5. The van der Waals surface area contributed by atoms with Crippen molar-refractivity contribution < 1.29 is 19.2 Å². The van der Waals surface area contributed by atoms with Crippen molar-refractivity contribution in [1.29, 1.82) is 0 Å². The van der Waals surface area contributed by atoms with Crippen molar-refractivity contribution in [2.45, 2.75) is 54.4 Å². The predicted octanol–water partition coefficient (Wildman–Crippen LogP) is 11.8. The van der Waals surface area contributed by atoms with Crippen LogP contribution >= 0.6 is 81.2 Å². The number of ketones is 2. The molecule has 6 rings (SSSR count). The number of anilines is 2. The Bertz CT molecular complexity index is 2590. The summed E-state index contributed by atoms with van der Waals surface area (Å²) in [6, 6.07) is 12.8. The summed E-state index contributed by atoms with van der Waals surface area (Å²) in [4.78, 5) is 56.3. The topological polar surface area (TPSA) is 168 Å². The van der Waals surface area contributed by atoms with Gasteiger partial charge in [-0.2, -0.15) is 10.2 Å². The molecule has 59 heavy (non-hydrogen) atoms. The number of rotatable bonds is 9. The average Bonchev–Trinajstić information content (AvgIpc) is 3.76. The number of nitrogens with two attached hydrogens (primary N) is 1. The highest BCUT2D eigenvalue weighted by Gasteiger charge is 2.22. The normalized spacial score (nSPS) is 10.6. The van der Waals surface area contributed by atoms with Gasteiger partial charge in [0.25, 0.3) is 11.1 Å². The number of nitrogens with zero attached hydrogens (tertiary/aromatic N) is 6. The van der Waals surface area contributed by atoms with E-state index < -0.39 is 11.1 Å². The number of Topliss-reactive ketones (excluding diaryl/α,β-unsaturated/α-hetero) is 2. The molecule has 0 aliphatic heterocycles. The Labute approximate surface area is 374 Å². The maximum Gasteiger partial charge on any atom is 0.274 e. The van der Waals surface area contributed by atoms with Crippen molar-refractivity contribution in [3.63, 3.8) is 0 Å². The summed E-state index contributed by atoms with van der Waals surface area (Å²) in [7, 11) is 0.